The Morgan fingerprint density at radius 2 is 1.81 bits per heavy atom. The number of carbonyl (C=O) groups excluding carboxylic acids is 3. The summed E-state index contributed by atoms with van der Waals surface area (Å²) >= 11 is 0. The van der Waals surface area contributed by atoms with Crippen LogP contribution < -0.4 is 22.4 Å². The molecule has 0 unspecified atom stereocenters. The first-order valence-corrected chi connectivity index (χ1v) is 10.6. The maximum Gasteiger partial charge on any atom is 0.346 e. The van der Waals surface area contributed by atoms with E-state index in [-0.39, 0.29) is 37.1 Å². The Balaban J connectivity index is 2.32. The number of nitrogens with zero attached hydrogens (tertiary/aromatic N) is 2. The first kappa shape index (κ1) is 26.2. The molecule has 0 fully saturated rings. The number of aromatic amines is 1. The van der Waals surface area contributed by atoms with Crippen LogP contribution in [0.3, 0.4) is 0 Å². The minimum Gasteiger partial charge on any atom is -0.349 e. The van der Waals surface area contributed by atoms with Crippen molar-refractivity contribution >= 4 is 17.7 Å². The van der Waals surface area contributed by atoms with Gasteiger partial charge in [0.2, 0.25) is 11.7 Å². The van der Waals surface area contributed by atoms with Crippen molar-refractivity contribution in [1.29, 1.82) is 0 Å². The molecule has 1 rings (SSSR count). The Labute approximate surface area is 180 Å². The lowest BCUT2D eigenvalue weighted by molar-refractivity contribution is -0.128. The van der Waals surface area contributed by atoms with Crippen LogP contribution in [0.4, 0.5) is 9.18 Å². The Morgan fingerprint density at radius 1 is 1.16 bits per heavy atom. The summed E-state index contributed by atoms with van der Waals surface area (Å²) in [6.07, 6.45) is 5.81. The van der Waals surface area contributed by atoms with Crippen molar-refractivity contribution in [1.82, 2.24) is 19.9 Å². The molecule has 1 aromatic heterocycles. The summed E-state index contributed by atoms with van der Waals surface area (Å²) in [4.78, 5) is 60.5. The van der Waals surface area contributed by atoms with Crippen LogP contribution in [-0.2, 0) is 9.59 Å². The van der Waals surface area contributed by atoms with Crippen LogP contribution in [0.5, 0.6) is 0 Å². The Kier molecular flexibility index (Phi) is 11.4. The molecule has 0 saturated carbocycles. The Hall–Kier alpha value is -2.82. The van der Waals surface area contributed by atoms with E-state index in [9.17, 15) is 28.4 Å². The van der Waals surface area contributed by atoms with Crippen molar-refractivity contribution < 1.29 is 18.8 Å². The van der Waals surface area contributed by atoms with Gasteiger partial charge in [-0.3, -0.25) is 24.4 Å². The zero-order valence-electron chi connectivity index (χ0n) is 18.1. The molecule has 0 aromatic carbocycles. The van der Waals surface area contributed by atoms with E-state index < -0.39 is 23.1 Å². The summed E-state index contributed by atoms with van der Waals surface area (Å²) in [5.74, 6) is 4.12. The standard InChI is InChI=1S/C20H32FN5O5/c1-3-8-14(9-4-2)17(28)23-12-15(27)10-6-5-7-11-26(22)20(31)25-13-16(21)18(29)24-19(25)30/h13-14H,3-12,22H2,1-2H3,(H,23,28)(H,24,29,30). The largest absolute Gasteiger partial charge is 0.349 e. The van der Waals surface area contributed by atoms with Gasteiger partial charge in [0.15, 0.2) is 5.78 Å². The van der Waals surface area contributed by atoms with Crippen molar-refractivity contribution in [2.45, 2.75) is 65.2 Å². The van der Waals surface area contributed by atoms with E-state index in [0.717, 1.165) is 30.7 Å². The number of nitrogens with two attached hydrogens (primary N) is 1. The van der Waals surface area contributed by atoms with Crippen molar-refractivity contribution in [2.24, 2.45) is 11.8 Å². The number of hydrazine groups is 1. The van der Waals surface area contributed by atoms with Crippen molar-refractivity contribution in [3.05, 3.63) is 32.9 Å². The highest BCUT2D eigenvalue weighted by molar-refractivity contribution is 5.86. The first-order valence-electron chi connectivity index (χ1n) is 10.6. The van der Waals surface area contributed by atoms with Crippen LogP contribution in [0.15, 0.2) is 15.8 Å². The molecule has 1 aromatic rings. The number of hydrogen-bond donors (Lipinski definition) is 3. The molecule has 10 nitrogen and oxygen atoms in total. The lowest BCUT2D eigenvalue weighted by atomic mass is 9.97. The van der Waals surface area contributed by atoms with Gasteiger partial charge in [-0.1, -0.05) is 33.1 Å². The fourth-order valence-corrected chi connectivity index (χ4v) is 3.13. The Morgan fingerprint density at radius 3 is 2.42 bits per heavy atom. The molecule has 0 aliphatic heterocycles. The molecule has 31 heavy (non-hydrogen) atoms. The van der Waals surface area contributed by atoms with E-state index in [1.807, 2.05) is 13.8 Å². The highest BCUT2D eigenvalue weighted by Gasteiger charge is 2.17. The van der Waals surface area contributed by atoms with E-state index in [0.29, 0.717) is 30.0 Å². The number of unbranched alkanes of at least 4 members (excludes halogenated alkanes) is 2. The zero-order valence-corrected chi connectivity index (χ0v) is 18.1. The number of hydrogen-bond acceptors (Lipinski definition) is 6. The minimum absolute atomic E-state index is 0.00491. The smallest absolute Gasteiger partial charge is 0.346 e. The summed E-state index contributed by atoms with van der Waals surface area (Å²) < 4.78 is 13.7. The zero-order chi connectivity index (χ0) is 23.4. The minimum atomic E-state index is -1.28. The van der Waals surface area contributed by atoms with Gasteiger partial charge >= 0.3 is 11.7 Å². The fraction of sp³-hybridized carbons (Fsp3) is 0.650. The van der Waals surface area contributed by atoms with E-state index in [1.165, 1.54) is 0 Å². The molecule has 0 bridgehead atoms. The predicted octanol–water partition coefficient (Wildman–Crippen LogP) is 1.28. The third-order valence-corrected chi connectivity index (χ3v) is 4.81. The number of carbonyl (C=O) groups is 3. The first-order chi connectivity index (χ1) is 14.7. The van der Waals surface area contributed by atoms with Crippen molar-refractivity contribution in [3.8, 4) is 0 Å². The highest BCUT2D eigenvalue weighted by Crippen LogP contribution is 2.13. The van der Waals surface area contributed by atoms with Crippen LogP contribution in [0.25, 0.3) is 0 Å². The molecular weight excluding hydrogens is 409 g/mol. The van der Waals surface area contributed by atoms with Crippen molar-refractivity contribution in [3.63, 3.8) is 0 Å². The fourth-order valence-electron chi connectivity index (χ4n) is 3.13. The van der Waals surface area contributed by atoms with Gasteiger partial charge < -0.3 is 5.32 Å². The molecule has 11 heteroatoms. The second-order valence-corrected chi connectivity index (χ2v) is 7.42. The second-order valence-electron chi connectivity index (χ2n) is 7.42. The van der Waals surface area contributed by atoms with E-state index >= 15 is 0 Å². The summed E-state index contributed by atoms with van der Waals surface area (Å²) in [7, 11) is 0. The van der Waals surface area contributed by atoms with Gasteiger partial charge in [-0.25, -0.2) is 20.0 Å². The lowest BCUT2D eigenvalue weighted by Crippen LogP contribution is -2.46. The maximum atomic E-state index is 13.3. The van der Waals surface area contributed by atoms with Gasteiger partial charge in [-0.15, -0.1) is 0 Å². The van der Waals surface area contributed by atoms with Gasteiger partial charge in [0.05, 0.1) is 12.7 Å². The summed E-state index contributed by atoms with van der Waals surface area (Å²) in [5.41, 5.74) is -2.30. The van der Waals surface area contributed by atoms with Crippen LogP contribution >= 0.6 is 0 Å². The van der Waals surface area contributed by atoms with Gasteiger partial charge in [-0.05, 0) is 25.7 Å². The molecule has 0 aliphatic rings. The molecule has 174 valence electrons. The summed E-state index contributed by atoms with van der Waals surface area (Å²) in [5, 5.41) is 3.45. The number of rotatable bonds is 13. The SMILES string of the molecule is CCCC(CCC)C(=O)NCC(=O)CCCCCN(N)C(=O)n1cc(F)c(=O)[nH]c1=O. The van der Waals surface area contributed by atoms with Crippen LogP contribution in [0.2, 0.25) is 0 Å². The molecule has 0 saturated heterocycles. The summed E-state index contributed by atoms with van der Waals surface area (Å²) in [6, 6.07) is -0.979. The number of amides is 2. The van der Waals surface area contributed by atoms with Gasteiger partial charge in [0.1, 0.15) is 0 Å². The number of halogens is 1. The molecule has 0 spiro atoms. The third-order valence-electron chi connectivity index (χ3n) is 4.81. The summed E-state index contributed by atoms with van der Waals surface area (Å²) in [6.45, 7) is 4.13. The van der Waals surface area contributed by atoms with Gasteiger partial charge in [0, 0.05) is 18.9 Å². The van der Waals surface area contributed by atoms with Crippen molar-refractivity contribution in [2.75, 3.05) is 13.1 Å². The number of Topliss-reactive ketones (excluding diaryl/α,β-unsaturated/α-hetero) is 1. The second kappa shape index (κ2) is 13.5. The molecule has 0 aliphatic carbocycles. The molecule has 2 amide bonds. The number of nitrogens with one attached hydrogen (secondary N) is 2. The number of aromatic nitrogens is 2. The topological polar surface area (TPSA) is 147 Å². The van der Waals surface area contributed by atoms with Gasteiger partial charge in [-0.2, -0.15) is 4.39 Å². The normalized spacial score (nSPS) is 10.9. The van der Waals surface area contributed by atoms with Gasteiger partial charge in [0.25, 0.3) is 5.56 Å². The Bertz CT molecular complexity index is 860. The van der Waals surface area contributed by atoms with Crippen LogP contribution in [0.1, 0.15) is 65.2 Å². The molecular formula is C20H32FN5O5. The molecule has 4 N–H and O–H groups in total. The lowest BCUT2D eigenvalue weighted by Gasteiger charge is -2.17. The third kappa shape index (κ3) is 8.83. The highest BCUT2D eigenvalue weighted by atomic mass is 19.1. The van der Waals surface area contributed by atoms with E-state index in [4.69, 9.17) is 5.84 Å². The number of ketones is 1. The monoisotopic (exact) mass is 441 g/mol. The quantitative estimate of drug-likeness (QED) is 0.182. The molecule has 0 radical (unpaired) electrons. The average molecular weight is 442 g/mol. The van der Waals surface area contributed by atoms with E-state index in [2.05, 4.69) is 5.32 Å². The molecule has 1 heterocycles. The number of H-pyrrole nitrogens is 1. The van der Waals surface area contributed by atoms with E-state index in [1.54, 1.807) is 4.98 Å². The van der Waals surface area contributed by atoms with Crippen LogP contribution in [-0.4, -0.2) is 45.4 Å². The predicted molar refractivity (Wildman–Crippen MR) is 113 cm³/mol. The van der Waals surface area contributed by atoms with Crippen LogP contribution in [0, 0.1) is 11.7 Å². The average Bonchev–Trinajstić information content (AvgIpc) is 2.73. The maximum absolute atomic E-state index is 13.3. The molecule has 0 atom stereocenters.